The molecule has 0 fully saturated rings. The molecular formula is C29H24N4O2. The van der Waals surface area contributed by atoms with Crippen LogP contribution < -0.4 is 4.74 Å². The van der Waals surface area contributed by atoms with Crippen molar-refractivity contribution in [1.82, 2.24) is 19.7 Å². The molecule has 2 heterocycles. The van der Waals surface area contributed by atoms with E-state index in [4.69, 9.17) is 4.74 Å². The molecular weight excluding hydrogens is 436 g/mol. The summed E-state index contributed by atoms with van der Waals surface area (Å²) in [6, 6.07) is 30.0. The third kappa shape index (κ3) is 4.15. The van der Waals surface area contributed by atoms with Crippen molar-refractivity contribution < 1.29 is 9.53 Å². The molecule has 1 aliphatic heterocycles. The highest BCUT2D eigenvalue weighted by Gasteiger charge is 2.31. The summed E-state index contributed by atoms with van der Waals surface area (Å²) in [5.41, 5.74) is 4.10. The van der Waals surface area contributed by atoms with Crippen molar-refractivity contribution in [2.24, 2.45) is 0 Å². The van der Waals surface area contributed by atoms with E-state index in [0.29, 0.717) is 13.2 Å². The van der Waals surface area contributed by atoms with Gasteiger partial charge in [-0.2, -0.15) is 5.10 Å². The van der Waals surface area contributed by atoms with E-state index in [9.17, 15) is 4.79 Å². The van der Waals surface area contributed by atoms with Crippen LogP contribution in [0.5, 0.6) is 5.75 Å². The highest BCUT2D eigenvalue weighted by atomic mass is 16.5. The Labute approximate surface area is 203 Å². The van der Waals surface area contributed by atoms with Crippen LogP contribution in [0.2, 0.25) is 0 Å². The lowest BCUT2D eigenvalue weighted by Crippen LogP contribution is -2.47. The first kappa shape index (κ1) is 21.1. The molecule has 1 atom stereocenters. The zero-order valence-electron chi connectivity index (χ0n) is 19.1. The summed E-state index contributed by atoms with van der Waals surface area (Å²) in [7, 11) is 0. The number of benzene rings is 4. The molecule has 1 unspecified atom stereocenters. The number of fused-ring (bicyclic) bond motifs is 2. The standard InChI is InChI=1S/C29H24N4O2/c34-29(28-11-5-9-21-6-3-4-10-27(21)28)32-17-23-8-2-1-7-22(23)16-25(32)18-35-26-14-12-24(13-15-26)33-20-30-19-31-33/h1-15,19-20,25H,16-18H2. The quantitative estimate of drug-likeness (QED) is 0.368. The number of hydrogen-bond acceptors (Lipinski definition) is 4. The minimum Gasteiger partial charge on any atom is -0.491 e. The van der Waals surface area contributed by atoms with Crippen molar-refractivity contribution in [2.75, 3.05) is 6.61 Å². The third-order valence-corrected chi connectivity index (χ3v) is 6.60. The van der Waals surface area contributed by atoms with Gasteiger partial charge in [-0.1, -0.05) is 60.7 Å². The van der Waals surface area contributed by atoms with Gasteiger partial charge in [0.15, 0.2) is 0 Å². The lowest BCUT2D eigenvalue weighted by molar-refractivity contribution is 0.0568. The molecule has 5 aromatic rings. The van der Waals surface area contributed by atoms with Crippen molar-refractivity contribution in [2.45, 2.75) is 19.0 Å². The van der Waals surface area contributed by atoms with Crippen molar-refractivity contribution in [3.05, 3.63) is 120 Å². The lowest BCUT2D eigenvalue weighted by Gasteiger charge is -2.37. The molecule has 1 amide bonds. The molecule has 0 saturated carbocycles. The monoisotopic (exact) mass is 460 g/mol. The molecule has 172 valence electrons. The number of ether oxygens (including phenoxy) is 1. The fraction of sp³-hybridized carbons (Fsp3) is 0.138. The second-order valence-corrected chi connectivity index (χ2v) is 8.73. The molecule has 6 heteroatoms. The summed E-state index contributed by atoms with van der Waals surface area (Å²) < 4.78 is 7.90. The van der Waals surface area contributed by atoms with E-state index in [0.717, 1.165) is 34.2 Å². The maximum Gasteiger partial charge on any atom is 0.255 e. The Balaban J connectivity index is 1.27. The topological polar surface area (TPSA) is 60.2 Å². The molecule has 0 radical (unpaired) electrons. The molecule has 1 aromatic heterocycles. The maximum absolute atomic E-state index is 13.9. The molecule has 35 heavy (non-hydrogen) atoms. The second-order valence-electron chi connectivity index (χ2n) is 8.73. The highest BCUT2D eigenvalue weighted by Crippen LogP contribution is 2.28. The number of carbonyl (C=O) groups excluding carboxylic acids is 1. The van der Waals surface area contributed by atoms with E-state index in [-0.39, 0.29) is 11.9 Å². The number of hydrogen-bond donors (Lipinski definition) is 0. The Morgan fingerprint density at radius 2 is 1.66 bits per heavy atom. The average molecular weight is 461 g/mol. The normalized spacial score (nSPS) is 15.1. The predicted octanol–water partition coefficient (Wildman–Crippen LogP) is 5.07. The predicted molar refractivity (Wildman–Crippen MR) is 135 cm³/mol. The van der Waals surface area contributed by atoms with Crippen LogP contribution in [0.4, 0.5) is 0 Å². The summed E-state index contributed by atoms with van der Waals surface area (Å²) >= 11 is 0. The molecule has 0 bridgehead atoms. The van der Waals surface area contributed by atoms with Gasteiger partial charge in [-0.3, -0.25) is 4.79 Å². The van der Waals surface area contributed by atoms with Gasteiger partial charge < -0.3 is 9.64 Å². The first-order chi connectivity index (χ1) is 17.3. The third-order valence-electron chi connectivity index (χ3n) is 6.60. The van der Waals surface area contributed by atoms with Gasteiger partial charge in [0.25, 0.3) is 5.91 Å². The minimum atomic E-state index is -0.0774. The number of carbonyl (C=O) groups is 1. The van der Waals surface area contributed by atoms with Gasteiger partial charge in [0.1, 0.15) is 25.0 Å². The van der Waals surface area contributed by atoms with Crippen LogP contribution in [0, 0.1) is 0 Å². The molecule has 1 aliphatic rings. The van der Waals surface area contributed by atoms with Crippen LogP contribution in [0.1, 0.15) is 21.5 Å². The Hall–Kier alpha value is -4.45. The number of rotatable bonds is 5. The Bertz CT molecular complexity index is 1470. The van der Waals surface area contributed by atoms with E-state index >= 15 is 0 Å². The van der Waals surface area contributed by atoms with Crippen molar-refractivity contribution >= 4 is 16.7 Å². The smallest absolute Gasteiger partial charge is 0.255 e. The largest absolute Gasteiger partial charge is 0.491 e. The van der Waals surface area contributed by atoms with Crippen molar-refractivity contribution in [3.8, 4) is 11.4 Å². The molecule has 0 aliphatic carbocycles. The Kier molecular flexibility index (Phi) is 5.47. The van der Waals surface area contributed by atoms with E-state index in [1.807, 2.05) is 77.7 Å². The summed E-state index contributed by atoms with van der Waals surface area (Å²) in [5, 5.41) is 6.20. The fourth-order valence-electron chi connectivity index (χ4n) is 4.77. The van der Waals surface area contributed by atoms with E-state index in [1.54, 1.807) is 11.0 Å². The van der Waals surface area contributed by atoms with Crippen LogP contribution in [-0.4, -0.2) is 38.2 Å². The van der Waals surface area contributed by atoms with Crippen LogP contribution in [0.15, 0.2) is 104 Å². The Morgan fingerprint density at radius 1 is 0.886 bits per heavy atom. The van der Waals surface area contributed by atoms with Crippen molar-refractivity contribution in [1.29, 1.82) is 0 Å². The van der Waals surface area contributed by atoms with E-state index < -0.39 is 0 Å². The number of nitrogens with zero attached hydrogens (tertiary/aromatic N) is 4. The van der Waals surface area contributed by atoms with Crippen molar-refractivity contribution in [3.63, 3.8) is 0 Å². The number of aromatic nitrogens is 3. The molecule has 4 aromatic carbocycles. The van der Waals surface area contributed by atoms with Gasteiger partial charge in [0.2, 0.25) is 0 Å². The van der Waals surface area contributed by atoms with Gasteiger partial charge in [0, 0.05) is 12.1 Å². The zero-order chi connectivity index (χ0) is 23.6. The SMILES string of the molecule is O=C(c1cccc2ccccc12)N1Cc2ccccc2CC1COc1ccc(-n2cncn2)cc1. The second kappa shape index (κ2) is 9.06. The number of amides is 1. The van der Waals surface area contributed by atoms with Gasteiger partial charge in [-0.25, -0.2) is 9.67 Å². The maximum atomic E-state index is 13.9. The van der Waals surface area contributed by atoms with Gasteiger partial charge >= 0.3 is 0 Å². The van der Waals surface area contributed by atoms with Gasteiger partial charge in [-0.05, 0) is 58.7 Å². The molecule has 0 spiro atoms. The minimum absolute atomic E-state index is 0.0337. The van der Waals surface area contributed by atoms with Crippen LogP contribution in [0.3, 0.4) is 0 Å². The summed E-state index contributed by atoms with van der Waals surface area (Å²) in [6.07, 6.45) is 3.92. The fourth-order valence-corrected chi connectivity index (χ4v) is 4.77. The van der Waals surface area contributed by atoms with Crippen LogP contribution >= 0.6 is 0 Å². The van der Waals surface area contributed by atoms with Gasteiger partial charge in [-0.15, -0.1) is 0 Å². The highest BCUT2D eigenvalue weighted by molar-refractivity contribution is 6.07. The Morgan fingerprint density at radius 3 is 2.49 bits per heavy atom. The lowest BCUT2D eigenvalue weighted by atomic mass is 9.93. The molecule has 0 saturated heterocycles. The summed E-state index contributed by atoms with van der Waals surface area (Å²) in [4.78, 5) is 19.8. The average Bonchev–Trinajstić information content (AvgIpc) is 3.46. The first-order valence-electron chi connectivity index (χ1n) is 11.7. The summed E-state index contributed by atoms with van der Waals surface area (Å²) in [5.74, 6) is 0.789. The van der Waals surface area contributed by atoms with E-state index in [1.165, 1.54) is 17.5 Å². The van der Waals surface area contributed by atoms with Crippen LogP contribution in [-0.2, 0) is 13.0 Å². The molecule has 6 rings (SSSR count). The molecule has 6 nitrogen and oxygen atoms in total. The summed E-state index contributed by atoms with van der Waals surface area (Å²) in [6.45, 7) is 0.977. The van der Waals surface area contributed by atoms with Gasteiger partial charge in [0.05, 0.1) is 11.7 Å². The van der Waals surface area contributed by atoms with Crippen LogP contribution in [0.25, 0.3) is 16.5 Å². The zero-order valence-corrected chi connectivity index (χ0v) is 19.1. The first-order valence-corrected chi connectivity index (χ1v) is 11.7. The molecule has 0 N–H and O–H groups in total. The van der Waals surface area contributed by atoms with E-state index in [2.05, 4.69) is 28.3 Å².